The summed E-state index contributed by atoms with van der Waals surface area (Å²) >= 11 is 3.57. The summed E-state index contributed by atoms with van der Waals surface area (Å²) in [5, 5.41) is 0. The van der Waals surface area contributed by atoms with Gasteiger partial charge in [0.05, 0.1) is 24.4 Å². The zero-order valence-corrected chi connectivity index (χ0v) is 18.9. The van der Waals surface area contributed by atoms with E-state index in [0.717, 1.165) is 45.6 Å². The monoisotopic (exact) mass is 467 g/mol. The van der Waals surface area contributed by atoms with Crippen LogP contribution in [0.3, 0.4) is 0 Å². The number of allylic oxidation sites excluding steroid dienone is 1. The standard InChI is InChI=1S/C24H26BrN3O2/c1-4-5-6-23-22(25)15-26-24(27-23)28(16-18-7-11-20(29-2)12-8-18)17-19-9-13-21(30-3)14-10-19/h4,7-15H,1,5-6,16-17H2,2-3H3. The number of nitrogens with zero attached hydrogens (tertiary/aromatic N) is 3. The molecule has 30 heavy (non-hydrogen) atoms. The molecule has 0 fully saturated rings. The van der Waals surface area contributed by atoms with E-state index in [4.69, 9.17) is 14.5 Å². The first-order valence-electron chi connectivity index (χ1n) is 9.76. The highest BCUT2D eigenvalue weighted by molar-refractivity contribution is 9.10. The number of rotatable bonds is 10. The molecule has 1 heterocycles. The van der Waals surface area contributed by atoms with E-state index in [1.54, 1.807) is 14.2 Å². The third kappa shape index (κ3) is 5.83. The number of aryl methyl sites for hydroxylation is 1. The average Bonchev–Trinajstić information content (AvgIpc) is 2.79. The highest BCUT2D eigenvalue weighted by atomic mass is 79.9. The molecule has 0 aliphatic carbocycles. The van der Waals surface area contributed by atoms with Crippen molar-refractivity contribution in [3.63, 3.8) is 0 Å². The number of ether oxygens (including phenoxy) is 2. The van der Waals surface area contributed by atoms with Gasteiger partial charge in [-0.1, -0.05) is 30.3 Å². The Hall–Kier alpha value is -2.86. The number of hydrogen-bond donors (Lipinski definition) is 0. The topological polar surface area (TPSA) is 47.5 Å². The third-order valence-electron chi connectivity index (χ3n) is 4.74. The number of anilines is 1. The lowest BCUT2D eigenvalue weighted by Crippen LogP contribution is -2.24. The van der Waals surface area contributed by atoms with E-state index in [9.17, 15) is 0 Å². The maximum atomic E-state index is 5.28. The van der Waals surface area contributed by atoms with Crippen LogP contribution in [0.1, 0.15) is 23.2 Å². The summed E-state index contributed by atoms with van der Waals surface area (Å²) in [4.78, 5) is 11.6. The Morgan fingerprint density at radius 2 is 1.47 bits per heavy atom. The van der Waals surface area contributed by atoms with Crippen molar-refractivity contribution in [1.82, 2.24) is 9.97 Å². The van der Waals surface area contributed by atoms with Crippen molar-refractivity contribution in [2.45, 2.75) is 25.9 Å². The predicted molar refractivity (Wildman–Crippen MR) is 124 cm³/mol. The zero-order chi connectivity index (χ0) is 21.3. The summed E-state index contributed by atoms with van der Waals surface area (Å²) < 4.78 is 11.5. The van der Waals surface area contributed by atoms with E-state index in [1.807, 2.05) is 36.5 Å². The largest absolute Gasteiger partial charge is 0.497 e. The van der Waals surface area contributed by atoms with Crippen LogP contribution in [-0.4, -0.2) is 24.2 Å². The lowest BCUT2D eigenvalue weighted by atomic mass is 10.1. The number of benzene rings is 2. The molecule has 0 radical (unpaired) electrons. The van der Waals surface area contributed by atoms with Gasteiger partial charge in [0.2, 0.25) is 5.95 Å². The van der Waals surface area contributed by atoms with Crippen molar-refractivity contribution < 1.29 is 9.47 Å². The van der Waals surface area contributed by atoms with Crippen molar-refractivity contribution in [2.75, 3.05) is 19.1 Å². The minimum absolute atomic E-state index is 0.679. The molecule has 0 aliphatic heterocycles. The maximum absolute atomic E-state index is 5.28. The molecule has 0 atom stereocenters. The van der Waals surface area contributed by atoms with Crippen molar-refractivity contribution in [1.29, 1.82) is 0 Å². The van der Waals surface area contributed by atoms with Crippen LogP contribution >= 0.6 is 15.9 Å². The van der Waals surface area contributed by atoms with E-state index in [0.29, 0.717) is 19.0 Å². The fourth-order valence-corrected chi connectivity index (χ4v) is 3.45. The second-order valence-electron chi connectivity index (χ2n) is 6.84. The van der Waals surface area contributed by atoms with Gasteiger partial charge in [-0.2, -0.15) is 0 Å². The molecule has 156 valence electrons. The quantitative estimate of drug-likeness (QED) is 0.364. The fraction of sp³-hybridized carbons (Fsp3) is 0.250. The predicted octanol–water partition coefficient (Wildman–Crippen LogP) is 5.58. The Bertz CT molecular complexity index is 910. The first-order chi connectivity index (χ1) is 14.6. The molecule has 0 N–H and O–H groups in total. The van der Waals surface area contributed by atoms with Gasteiger partial charge in [0, 0.05) is 19.3 Å². The number of methoxy groups -OCH3 is 2. The summed E-state index contributed by atoms with van der Waals surface area (Å²) in [6.45, 7) is 5.17. The second-order valence-corrected chi connectivity index (χ2v) is 7.70. The van der Waals surface area contributed by atoms with Gasteiger partial charge in [0.15, 0.2) is 0 Å². The minimum atomic E-state index is 0.679. The molecule has 2 aromatic carbocycles. The van der Waals surface area contributed by atoms with Crippen LogP contribution in [0.4, 0.5) is 5.95 Å². The molecule has 0 unspecified atom stereocenters. The van der Waals surface area contributed by atoms with Crippen LogP contribution in [0.2, 0.25) is 0 Å². The maximum Gasteiger partial charge on any atom is 0.226 e. The Balaban J connectivity index is 1.89. The lowest BCUT2D eigenvalue weighted by molar-refractivity contribution is 0.414. The number of halogens is 1. The van der Waals surface area contributed by atoms with Crippen LogP contribution < -0.4 is 14.4 Å². The Morgan fingerprint density at radius 3 is 1.93 bits per heavy atom. The molecule has 0 aliphatic rings. The highest BCUT2D eigenvalue weighted by Gasteiger charge is 2.14. The van der Waals surface area contributed by atoms with Crippen molar-refractivity contribution in [3.05, 3.63) is 88.7 Å². The SMILES string of the molecule is C=CCCc1nc(N(Cc2ccc(OC)cc2)Cc2ccc(OC)cc2)ncc1Br. The average molecular weight is 468 g/mol. The number of hydrogen-bond acceptors (Lipinski definition) is 5. The summed E-state index contributed by atoms with van der Waals surface area (Å²) in [7, 11) is 3.34. The van der Waals surface area contributed by atoms with Gasteiger partial charge in [-0.3, -0.25) is 0 Å². The summed E-state index contributed by atoms with van der Waals surface area (Å²) in [5.41, 5.74) is 3.29. The molecule has 1 aromatic heterocycles. The third-order valence-corrected chi connectivity index (χ3v) is 5.40. The molecular formula is C24H26BrN3O2. The van der Waals surface area contributed by atoms with Crippen LogP contribution in [0.15, 0.2) is 71.9 Å². The summed E-state index contributed by atoms with van der Waals surface area (Å²) in [6, 6.07) is 16.2. The van der Waals surface area contributed by atoms with Crippen molar-refractivity contribution in [3.8, 4) is 11.5 Å². The van der Waals surface area contributed by atoms with Crippen LogP contribution in [-0.2, 0) is 19.5 Å². The van der Waals surface area contributed by atoms with Gasteiger partial charge < -0.3 is 14.4 Å². The van der Waals surface area contributed by atoms with Crippen LogP contribution in [0.5, 0.6) is 11.5 Å². The van der Waals surface area contributed by atoms with E-state index in [2.05, 4.69) is 56.7 Å². The van der Waals surface area contributed by atoms with Crippen molar-refractivity contribution >= 4 is 21.9 Å². The Morgan fingerprint density at radius 1 is 0.933 bits per heavy atom. The first-order valence-corrected chi connectivity index (χ1v) is 10.6. The van der Waals surface area contributed by atoms with E-state index >= 15 is 0 Å². The lowest BCUT2D eigenvalue weighted by Gasteiger charge is -2.24. The van der Waals surface area contributed by atoms with Crippen molar-refractivity contribution in [2.24, 2.45) is 0 Å². The van der Waals surface area contributed by atoms with E-state index < -0.39 is 0 Å². The molecule has 0 saturated heterocycles. The van der Waals surface area contributed by atoms with Gasteiger partial charge in [-0.15, -0.1) is 6.58 Å². The highest BCUT2D eigenvalue weighted by Crippen LogP contribution is 2.23. The van der Waals surface area contributed by atoms with Crippen LogP contribution in [0.25, 0.3) is 0 Å². The summed E-state index contributed by atoms with van der Waals surface area (Å²) in [6.07, 6.45) is 5.42. The molecule has 0 bridgehead atoms. The smallest absolute Gasteiger partial charge is 0.226 e. The van der Waals surface area contributed by atoms with Gasteiger partial charge >= 0.3 is 0 Å². The fourth-order valence-electron chi connectivity index (χ4n) is 3.06. The zero-order valence-electron chi connectivity index (χ0n) is 17.3. The molecule has 6 heteroatoms. The second kappa shape index (κ2) is 10.8. The number of aromatic nitrogens is 2. The molecule has 3 rings (SSSR count). The molecular weight excluding hydrogens is 442 g/mol. The molecule has 0 spiro atoms. The van der Waals surface area contributed by atoms with Gasteiger partial charge in [-0.05, 0) is 64.2 Å². The molecule has 3 aromatic rings. The van der Waals surface area contributed by atoms with Gasteiger partial charge in [0.1, 0.15) is 11.5 Å². The molecule has 0 amide bonds. The Labute approximate surface area is 186 Å². The van der Waals surface area contributed by atoms with Gasteiger partial charge in [0.25, 0.3) is 0 Å². The normalized spacial score (nSPS) is 10.5. The first kappa shape index (κ1) is 21.8. The molecule has 5 nitrogen and oxygen atoms in total. The summed E-state index contributed by atoms with van der Waals surface area (Å²) in [5.74, 6) is 2.38. The minimum Gasteiger partial charge on any atom is -0.497 e. The van der Waals surface area contributed by atoms with Gasteiger partial charge in [-0.25, -0.2) is 9.97 Å². The molecule has 0 saturated carbocycles. The van der Waals surface area contributed by atoms with E-state index in [-0.39, 0.29) is 0 Å². The van der Waals surface area contributed by atoms with Crippen LogP contribution in [0, 0.1) is 0 Å². The Kier molecular flexibility index (Phi) is 7.85. The van der Waals surface area contributed by atoms with E-state index in [1.165, 1.54) is 0 Å².